The maximum Gasteiger partial charge on any atom is 0.246 e. The fourth-order valence-electron chi connectivity index (χ4n) is 0.925. The highest BCUT2D eigenvalue weighted by Crippen LogP contribution is 2.11. The molecular formula is C8H11N3O2S. The first-order valence-corrected chi connectivity index (χ1v) is 5.31. The van der Waals surface area contributed by atoms with Crippen LogP contribution in [0.25, 0.3) is 0 Å². The van der Waals surface area contributed by atoms with Gasteiger partial charge in [-0.15, -0.1) is 6.42 Å². The van der Waals surface area contributed by atoms with Crippen LogP contribution in [-0.2, 0) is 17.1 Å². The first-order chi connectivity index (χ1) is 6.48. The number of aryl methyl sites for hydroxylation is 1. The van der Waals surface area contributed by atoms with Crippen molar-refractivity contribution in [1.29, 1.82) is 0 Å². The van der Waals surface area contributed by atoms with Gasteiger partial charge in [-0.2, -0.15) is 9.40 Å². The number of rotatable bonds is 3. The molecule has 0 fully saturated rings. The average molecular weight is 213 g/mol. The molecule has 0 bridgehead atoms. The molecule has 0 aromatic carbocycles. The lowest BCUT2D eigenvalue weighted by Gasteiger charge is -2.11. The molecule has 0 aliphatic heterocycles. The molecule has 0 aliphatic carbocycles. The van der Waals surface area contributed by atoms with E-state index in [-0.39, 0.29) is 11.4 Å². The van der Waals surface area contributed by atoms with Gasteiger partial charge in [0.15, 0.2) is 0 Å². The fourth-order valence-corrected chi connectivity index (χ4v) is 2.00. The van der Waals surface area contributed by atoms with Crippen molar-refractivity contribution in [2.45, 2.75) is 4.90 Å². The Bertz CT molecular complexity index is 455. The summed E-state index contributed by atoms with van der Waals surface area (Å²) in [5, 5.41) is 3.78. The number of hydrogen-bond acceptors (Lipinski definition) is 3. The topological polar surface area (TPSA) is 55.2 Å². The third-order valence-corrected chi connectivity index (χ3v) is 3.46. The Labute approximate surface area is 83.4 Å². The van der Waals surface area contributed by atoms with Crippen molar-refractivity contribution in [3.8, 4) is 12.3 Å². The van der Waals surface area contributed by atoms with Crippen molar-refractivity contribution < 1.29 is 8.42 Å². The highest BCUT2D eigenvalue weighted by atomic mass is 32.2. The lowest BCUT2D eigenvalue weighted by atomic mass is 10.7. The molecule has 1 heterocycles. The van der Waals surface area contributed by atoms with Crippen LogP contribution in [0.3, 0.4) is 0 Å². The minimum absolute atomic E-state index is 0.0528. The molecule has 1 aromatic rings. The van der Waals surface area contributed by atoms with E-state index in [0.717, 1.165) is 4.31 Å². The first-order valence-electron chi connectivity index (χ1n) is 3.87. The summed E-state index contributed by atoms with van der Waals surface area (Å²) in [5.74, 6) is 2.27. The number of nitrogens with zero attached hydrogens (tertiary/aromatic N) is 3. The Morgan fingerprint density at radius 3 is 2.79 bits per heavy atom. The molecule has 1 aromatic heterocycles. The molecule has 0 aliphatic rings. The van der Waals surface area contributed by atoms with E-state index in [1.54, 1.807) is 7.05 Å². The summed E-state index contributed by atoms with van der Waals surface area (Å²) in [7, 11) is -0.387. The van der Waals surface area contributed by atoms with Gasteiger partial charge in [-0.1, -0.05) is 5.92 Å². The zero-order valence-corrected chi connectivity index (χ0v) is 8.82. The molecule has 0 spiro atoms. The van der Waals surface area contributed by atoms with Crippen LogP contribution in [0.2, 0.25) is 0 Å². The number of hydrogen-bond donors (Lipinski definition) is 0. The first kappa shape index (κ1) is 10.8. The normalized spacial score (nSPS) is 11.6. The average Bonchev–Trinajstić information content (AvgIpc) is 2.52. The summed E-state index contributed by atoms with van der Waals surface area (Å²) >= 11 is 0. The molecule has 0 saturated carbocycles. The van der Waals surface area contributed by atoms with Crippen molar-refractivity contribution >= 4 is 10.0 Å². The molecule has 14 heavy (non-hydrogen) atoms. The van der Waals surface area contributed by atoms with E-state index in [2.05, 4.69) is 11.0 Å². The van der Waals surface area contributed by atoms with Gasteiger partial charge in [0, 0.05) is 20.3 Å². The van der Waals surface area contributed by atoms with Gasteiger partial charge >= 0.3 is 0 Å². The fraction of sp³-hybridized carbons (Fsp3) is 0.375. The van der Waals surface area contributed by atoms with Crippen LogP contribution in [0, 0.1) is 12.3 Å². The molecule has 5 nitrogen and oxygen atoms in total. The van der Waals surface area contributed by atoms with Crippen LogP contribution in [0.1, 0.15) is 0 Å². The minimum atomic E-state index is -3.47. The molecule has 0 amide bonds. The third-order valence-electron chi connectivity index (χ3n) is 1.70. The number of terminal acetylenes is 1. The predicted molar refractivity (Wildman–Crippen MR) is 51.9 cm³/mol. The van der Waals surface area contributed by atoms with Crippen LogP contribution in [0.4, 0.5) is 0 Å². The summed E-state index contributed by atoms with van der Waals surface area (Å²) in [6.07, 6.45) is 7.76. The summed E-state index contributed by atoms with van der Waals surface area (Å²) < 4.78 is 26.0. The zero-order valence-electron chi connectivity index (χ0n) is 8.01. The summed E-state index contributed by atoms with van der Waals surface area (Å²) in [4.78, 5) is 0.151. The van der Waals surface area contributed by atoms with Gasteiger partial charge in [-0.3, -0.25) is 4.68 Å². The van der Waals surface area contributed by atoms with Crippen molar-refractivity contribution in [2.24, 2.45) is 7.05 Å². The van der Waals surface area contributed by atoms with Crippen LogP contribution in [0.5, 0.6) is 0 Å². The second-order valence-electron chi connectivity index (χ2n) is 2.81. The van der Waals surface area contributed by atoms with Crippen LogP contribution < -0.4 is 0 Å². The molecule has 0 atom stereocenters. The van der Waals surface area contributed by atoms with Crippen LogP contribution in [0.15, 0.2) is 17.3 Å². The van der Waals surface area contributed by atoms with Crippen molar-refractivity contribution in [3.63, 3.8) is 0 Å². The SMILES string of the molecule is C#CCN(C)S(=O)(=O)c1cnn(C)c1. The standard InChI is InChI=1S/C8H11N3O2S/c1-4-5-11(3)14(12,13)8-6-9-10(2)7-8/h1,6-7H,5H2,2-3H3. The molecule has 0 saturated heterocycles. The van der Waals surface area contributed by atoms with Gasteiger partial charge in [-0.05, 0) is 0 Å². The Kier molecular flexibility index (Phi) is 2.93. The predicted octanol–water partition coefficient (Wildman–Crippen LogP) is -0.326. The smallest absolute Gasteiger partial charge is 0.246 e. The second kappa shape index (κ2) is 3.82. The van der Waals surface area contributed by atoms with Gasteiger partial charge < -0.3 is 0 Å². The van der Waals surface area contributed by atoms with Gasteiger partial charge in [0.2, 0.25) is 10.0 Å². The highest BCUT2D eigenvalue weighted by Gasteiger charge is 2.21. The van der Waals surface area contributed by atoms with E-state index < -0.39 is 10.0 Å². The van der Waals surface area contributed by atoms with Gasteiger partial charge in [0.1, 0.15) is 4.90 Å². The van der Waals surface area contributed by atoms with E-state index >= 15 is 0 Å². The number of sulfonamides is 1. The highest BCUT2D eigenvalue weighted by molar-refractivity contribution is 7.89. The maximum absolute atomic E-state index is 11.7. The second-order valence-corrected chi connectivity index (χ2v) is 4.86. The van der Waals surface area contributed by atoms with Crippen LogP contribution >= 0.6 is 0 Å². The monoisotopic (exact) mass is 213 g/mol. The van der Waals surface area contributed by atoms with Crippen LogP contribution in [-0.4, -0.2) is 36.1 Å². The third kappa shape index (κ3) is 1.95. The van der Waals surface area contributed by atoms with Gasteiger partial charge in [0.05, 0.1) is 12.7 Å². The molecule has 0 N–H and O–H groups in total. The lowest BCUT2D eigenvalue weighted by Crippen LogP contribution is -2.26. The van der Waals surface area contributed by atoms with Crippen molar-refractivity contribution in [1.82, 2.24) is 14.1 Å². The van der Waals surface area contributed by atoms with Gasteiger partial charge in [0.25, 0.3) is 0 Å². The van der Waals surface area contributed by atoms with E-state index in [4.69, 9.17) is 6.42 Å². The van der Waals surface area contributed by atoms with E-state index in [9.17, 15) is 8.42 Å². The summed E-state index contributed by atoms with van der Waals surface area (Å²) in [6.45, 7) is 0.0528. The molecular weight excluding hydrogens is 202 g/mol. The quantitative estimate of drug-likeness (QED) is 0.646. The summed E-state index contributed by atoms with van der Waals surface area (Å²) in [6, 6.07) is 0. The number of aromatic nitrogens is 2. The minimum Gasteiger partial charge on any atom is -0.274 e. The molecule has 0 unspecified atom stereocenters. The molecule has 6 heteroatoms. The Morgan fingerprint density at radius 2 is 2.36 bits per heavy atom. The Morgan fingerprint density at radius 1 is 1.71 bits per heavy atom. The van der Waals surface area contributed by atoms with Gasteiger partial charge in [-0.25, -0.2) is 8.42 Å². The lowest BCUT2D eigenvalue weighted by molar-refractivity contribution is 0.503. The van der Waals surface area contributed by atoms with Crippen molar-refractivity contribution in [2.75, 3.05) is 13.6 Å². The Hall–Kier alpha value is -1.32. The maximum atomic E-state index is 11.7. The van der Waals surface area contributed by atoms with E-state index in [1.807, 2.05) is 0 Å². The Balaban J connectivity index is 3.03. The van der Waals surface area contributed by atoms with Crippen molar-refractivity contribution in [3.05, 3.63) is 12.4 Å². The summed E-state index contributed by atoms with van der Waals surface area (Å²) in [5.41, 5.74) is 0. The molecule has 0 radical (unpaired) electrons. The molecule has 1 rings (SSSR count). The van der Waals surface area contributed by atoms with E-state index in [0.29, 0.717) is 0 Å². The largest absolute Gasteiger partial charge is 0.274 e. The van der Waals surface area contributed by atoms with E-state index in [1.165, 1.54) is 24.1 Å². The molecule has 76 valence electrons. The zero-order chi connectivity index (χ0) is 10.8.